The summed E-state index contributed by atoms with van der Waals surface area (Å²) in [7, 11) is 0. The Kier molecular flexibility index (Phi) is 5.10. The molecular weight excluding hydrogens is 294 g/mol. The number of benzene rings is 1. The van der Waals surface area contributed by atoms with Gasteiger partial charge in [-0.15, -0.1) is 5.10 Å². The molecule has 0 aliphatic carbocycles. The molecule has 0 aliphatic heterocycles. The SMILES string of the molecule is CCCn1nnc(NC(=O)COc2ccc(Cl)cc2C)n1. The number of carbonyl (C=O) groups is 1. The molecule has 2 aromatic rings. The van der Waals surface area contributed by atoms with E-state index >= 15 is 0 Å². The van der Waals surface area contributed by atoms with E-state index in [0.717, 1.165) is 12.0 Å². The second-order valence-corrected chi connectivity index (χ2v) is 4.89. The van der Waals surface area contributed by atoms with Gasteiger partial charge in [0.25, 0.3) is 11.9 Å². The lowest BCUT2D eigenvalue weighted by atomic mass is 10.2. The summed E-state index contributed by atoms with van der Waals surface area (Å²) in [6, 6.07) is 5.20. The van der Waals surface area contributed by atoms with Crippen molar-refractivity contribution in [2.24, 2.45) is 0 Å². The van der Waals surface area contributed by atoms with Gasteiger partial charge in [-0.2, -0.15) is 4.80 Å². The van der Waals surface area contributed by atoms with Gasteiger partial charge in [-0.3, -0.25) is 10.1 Å². The van der Waals surface area contributed by atoms with Gasteiger partial charge in [0.2, 0.25) is 0 Å². The summed E-state index contributed by atoms with van der Waals surface area (Å²) >= 11 is 5.85. The number of hydrogen-bond acceptors (Lipinski definition) is 5. The predicted molar refractivity (Wildman–Crippen MR) is 78.4 cm³/mol. The first-order valence-electron chi connectivity index (χ1n) is 6.55. The smallest absolute Gasteiger partial charge is 0.270 e. The first-order chi connectivity index (χ1) is 10.1. The number of amides is 1. The van der Waals surface area contributed by atoms with Crippen LogP contribution in [0.4, 0.5) is 5.95 Å². The Bertz CT molecular complexity index is 629. The number of tetrazole rings is 1. The van der Waals surface area contributed by atoms with E-state index in [-0.39, 0.29) is 18.5 Å². The summed E-state index contributed by atoms with van der Waals surface area (Å²) in [4.78, 5) is 13.2. The topological polar surface area (TPSA) is 81.9 Å². The third-order valence-corrected chi connectivity index (χ3v) is 2.86. The molecule has 0 saturated heterocycles. The number of rotatable bonds is 6. The van der Waals surface area contributed by atoms with Gasteiger partial charge in [0.1, 0.15) is 5.75 Å². The number of aryl methyl sites for hydroxylation is 2. The van der Waals surface area contributed by atoms with Crippen molar-refractivity contribution >= 4 is 23.5 Å². The molecule has 1 aromatic heterocycles. The van der Waals surface area contributed by atoms with Crippen molar-refractivity contribution < 1.29 is 9.53 Å². The Balaban J connectivity index is 1.86. The molecular formula is C13H16ClN5O2. The van der Waals surface area contributed by atoms with Gasteiger partial charge in [0, 0.05) is 5.02 Å². The maximum atomic E-state index is 11.8. The van der Waals surface area contributed by atoms with E-state index < -0.39 is 0 Å². The zero-order chi connectivity index (χ0) is 15.2. The summed E-state index contributed by atoms with van der Waals surface area (Å²) in [6.07, 6.45) is 0.892. The molecule has 1 heterocycles. The van der Waals surface area contributed by atoms with E-state index in [1.165, 1.54) is 4.80 Å². The Labute approximate surface area is 127 Å². The van der Waals surface area contributed by atoms with Crippen LogP contribution in [-0.2, 0) is 11.3 Å². The van der Waals surface area contributed by atoms with Gasteiger partial charge in [0.15, 0.2) is 6.61 Å². The molecule has 0 aliphatic rings. The molecule has 0 radical (unpaired) electrons. The van der Waals surface area contributed by atoms with Crippen LogP contribution in [0.5, 0.6) is 5.75 Å². The maximum Gasteiger partial charge on any atom is 0.270 e. The van der Waals surface area contributed by atoms with Crippen LogP contribution in [0.25, 0.3) is 0 Å². The Morgan fingerprint density at radius 3 is 3.00 bits per heavy atom. The highest BCUT2D eigenvalue weighted by atomic mass is 35.5. The van der Waals surface area contributed by atoms with E-state index in [9.17, 15) is 4.79 Å². The lowest BCUT2D eigenvalue weighted by Crippen LogP contribution is -2.21. The van der Waals surface area contributed by atoms with Crippen molar-refractivity contribution in [3.05, 3.63) is 28.8 Å². The second-order valence-electron chi connectivity index (χ2n) is 4.46. The van der Waals surface area contributed by atoms with Crippen molar-refractivity contribution in [2.75, 3.05) is 11.9 Å². The van der Waals surface area contributed by atoms with Gasteiger partial charge >= 0.3 is 0 Å². The fourth-order valence-electron chi connectivity index (χ4n) is 1.67. The molecule has 0 fully saturated rings. The monoisotopic (exact) mass is 309 g/mol. The molecule has 0 unspecified atom stereocenters. The molecule has 1 amide bonds. The van der Waals surface area contributed by atoms with Crippen LogP contribution >= 0.6 is 11.6 Å². The first-order valence-corrected chi connectivity index (χ1v) is 6.93. The van der Waals surface area contributed by atoms with E-state index in [1.54, 1.807) is 18.2 Å². The molecule has 0 spiro atoms. The number of anilines is 1. The zero-order valence-corrected chi connectivity index (χ0v) is 12.6. The minimum Gasteiger partial charge on any atom is -0.483 e. The van der Waals surface area contributed by atoms with Crippen LogP contribution in [0.2, 0.25) is 5.02 Å². The minimum absolute atomic E-state index is 0.134. The average Bonchev–Trinajstić information content (AvgIpc) is 2.85. The van der Waals surface area contributed by atoms with Gasteiger partial charge in [0.05, 0.1) is 6.54 Å². The fourth-order valence-corrected chi connectivity index (χ4v) is 1.89. The Morgan fingerprint density at radius 1 is 1.48 bits per heavy atom. The van der Waals surface area contributed by atoms with Gasteiger partial charge in [-0.1, -0.05) is 23.6 Å². The maximum absolute atomic E-state index is 11.8. The normalized spacial score (nSPS) is 10.4. The van der Waals surface area contributed by atoms with E-state index in [1.807, 2.05) is 13.8 Å². The summed E-state index contributed by atoms with van der Waals surface area (Å²) in [5, 5.41) is 14.7. The van der Waals surface area contributed by atoms with Crippen molar-refractivity contribution in [3.8, 4) is 5.75 Å². The van der Waals surface area contributed by atoms with Crippen LogP contribution in [0.1, 0.15) is 18.9 Å². The molecule has 112 valence electrons. The molecule has 0 saturated carbocycles. The van der Waals surface area contributed by atoms with E-state index in [2.05, 4.69) is 20.7 Å². The van der Waals surface area contributed by atoms with E-state index in [4.69, 9.17) is 16.3 Å². The lowest BCUT2D eigenvalue weighted by molar-refractivity contribution is -0.118. The van der Waals surface area contributed by atoms with Gasteiger partial charge in [-0.25, -0.2) is 0 Å². The van der Waals surface area contributed by atoms with Gasteiger partial charge < -0.3 is 4.74 Å². The molecule has 7 nitrogen and oxygen atoms in total. The number of hydrogen-bond donors (Lipinski definition) is 1. The summed E-state index contributed by atoms with van der Waals surface area (Å²) < 4.78 is 5.43. The summed E-state index contributed by atoms with van der Waals surface area (Å²) in [5.41, 5.74) is 0.863. The molecule has 1 aromatic carbocycles. The quantitative estimate of drug-likeness (QED) is 0.883. The van der Waals surface area contributed by atoms with Crippen molar-refractivity contribution in [1.82, 2.24) is 20.2 Å². The third-order valence-electron chi connectivity index (χ3n) is 2.62. The van der Waals surface area contributed by atoms with E-state index in [0.29, 0.717) is 17.3 Å². The molecule has 2 rings (SSSR count). The fraction of sp³-hybridized carbons (Fsp3) is 0.385. The van der Waals surface area contributed by atoms with Crippen LogP contribution in [0.15, 0.2) is 18.2 Å². The number of ether oxygens (including phenoxy) is 1. The molecule has 0 atom stereocenters. The lowest BCUT2D eigenvalue weighted by Gasteiger charge is -2.08. The first kappa shape index (κ1) is 15.2. The highest BCUT2D eigenvalue weighted by Crippen LogP contribution is 2.21. The van der Waals surface area contributed by atoms with Crippen molar-refractivity contribution in [2.45, 2.75) is 26.8 Å². The predicted octanol–water partition coefficient (Wildman–Crippen LogP) is 2.06. The highest BCUT2D eigenvalue weighted by Gasteiger charge is 2.09. The number of nitrogens with zero attached hydrogens (tertiary/aromatic N) is 4. The van der Waals surface area contributed by atoms with Crippen LogP contribution in [0, 0.1) is 6.92 Å². The number of halogens is 1. The molecule has 0 bridgehead atoms. The molecule has 8 heteroatoms. The molecule has 1 N–H and O–H groups in total. The highest BCUT2D eigenvalue weighted by molar-refractivity contribution is 6.30. The molecule has 21 heavy (non-hydrogen) atoms. The Hall–Kier alpha value is -2.15. The van der Waals surface area contributed by atoms with Gasteiger partial charge in [-0.05, 0) is 42.3 Å². The van der Waals surface area contributed by atoms with Crippen molar-refractivity contribution in [1.29, 1.82) is 0 Å². The number of aromatic nitrogens is 4. The number of nitrogens with one attached hydrogen (secondary N) is 1. The van der Waals surface area contributed by atoms with Crippen LogP contribution in [-0.4, -0.2) is 32.7 Å². The zero-order valence-electron chi connectivity index (χ0n) is 11.8. The third kappa shape index (κ3) is 4.42. The van der Waals surface area contributed by atoms with Crippen molar-refractivity contribution in [3.63, 3.8) is 0 Å². The van der Waals surface area contributed by atoms with Crippen LogP contribution < -0.4 is 10.1 Å². The second kappa shape index (κ2) is 7.03. The average molecular weight is 310 g/mol. The summed E-state index contributed by atoms with van der Waals surface area (Å²) in [6.45, 7) is 4.38. The Morgan fingerprint density at radius 2 is 2.29 bits per heavy atom. The summed E-state index contributed by atoms with van der Waals surface area (Å²) in [5.74, 6) is 0.433. The van der Waals surface area contributed by atoms with Crippen LogP contribution in [0.3, 0.4) is 0 Å². The number of carbonyl (C=O) groups excluding carboxylic acids is 1. The minimum atomic E-state index is -0.347. The largest absolute Gasteiger partial charge is 0.483 e. The standard InChI is InChI=1S/C13H16ClN5O2/c1-3-6-19-17-13(16-18-19)15-12(20)8-21-11-5-4-10(14)7-9(11)2/h4-5,7H,3,6,8H2,1-2H3,(H,15,17,20).